The predicted molar refractivity (Wildman–Crippen MR) is 57.6 cm³/mol. The van der Waals surface area contributed by atoms with E-state index in [1.165, 1.54) is 0 Å². The molecule has 0 bridgehead atoms. The lowest BCUT2D eigenvalue weighted by Crippen LogP contribution is -2.41. The van der Waals surface area contributed by atoms with Crippen molar-refractivity contribution in [3.05, 3.63) is 0 Å². The van der Waals surface area contributed by atoms with Crippen LogP contribution >= 0.6 is 0 Å². The maximum atomic E-state index is 11.8. The number of nitrogens with zero attached hydrogens (tertiary/aromatic N) is 1. The Morgan fingerprint density at radius 3 is 2.60 bits per heavy atom. The standard InChI is InChI=1S/C11H21NO3/c1-8-5-9(7-13)12(6-8)10(14)15-11(2,3)4/h8-9,13H,5-7H2,1-4H3. The Labute approximate surface area is 91.2 Å². The summed E-state index contributed by atoms with van der Waals surface area (Å²) in [4.78, 5) is 13.4. The third-order valence-electron chi connectivity index (χ3n) is 2.46. The van der Waals surface area contributed by atoms with Crippen molar-refractivity contribution in [2.75, 3.05) is 13.2 Å². The SMILES string of the molecule is CC1CC(CO)N(C(=O)OC(C)(C)C)C1. The highest BCUT2D eigenvalue weighted by Gasteiger charge is 2.35. The Morgan fingerprint density at radius 1 is 1.53 bits per heavy atom. The van der Waals surface area contributed by atoms with Crippen LogP contribution < -0.4 is 0 Å². The minimum Gasteiger partial charge on any atom is -0.444 e. The molecule has 1 aliphatic rings. The van der Waals surface area contributed by atoms with Crippen molar-refractivity contribution < 1.29 is 14.6 Å². The minimum absolute atomic E-state index is 0.0174. The van der Waals surface area contributed by atoms with Crippen LogP contribution in [0.1, 0.15) is 34.1 Å². The lowest BCUT2D eigenvalue weighted by molar-refractivity contribution is 0.0173. The first-order valence-corrected chi connectivity index (χ1v) is 5.44. The third kappa shape index (κ3) is 3.38. The Balaban J connectivity index is 2.59. The summed E-state index contributed by atoms with van der Waals surface area (Å²) in [6.07, 6.45) is 0.543. The molecule has 2 atom stereocenters. The number of rotatable bonds is 1. The van der Waals surface area contributed by atoms with Crippen molar-refractivity contribution in [3.8, 4) is 0 Å². The molecule has 15 heavy (non-hydrogen) atoms. The Bertz CT molecular complexity index is 234. The number of aliphatic hydroxyl groups is 1. The molecule has 0 radical (unpaired) electrons. The van der Waals surface area contributed by atoms with Crippen LogP contribution in [0.4, 0.5) is 4.79 Å². The van der Waals surface area contributed by atoms with E-state index in [9.17, 15) is 4.79 Å². The number of carbonyl (C=O) groups is 1. The average Bonchev–Trinajstić information content (AvgIpc) is 2.43. The second-order valence-electron chi connectivity index (χ2n) is 5.31. The number of aliphatic hydroxyl groups excluding tert-OH is 1. The van der Waals surface area contributed by atoms with Gasteiger partial charge >= 0.3 is 6.09 Å². The van der Waals surface area contributed by atoms with Crippen molar-refractivity contribution in [3.63, 3.8) is 0 Å². The van der Waals surface area contributed by atoms with E-state index in [1.807, 2.05) is 20.8 Å². The zero-order chi connectivity index (χ0) is 11.6. The first-order valence-electron chi connectivity index (χ1n) is 5.44. The molecule has 1 amide bonds. The second kappa shape index (κ2) is 4.39. The van der Waals surface area contributed by atoms with E-state index >= 15 is 0 Å². The Kier molecular flexibility index (Phi) is 3.60. The highest BCUT2D eigenvalue weighted by molar-refractivity contribution is 5.69. The first-order chi connectivity index (χ1) is 6.83. The molecule has 0 aromatic rings. The molecule has 0 saturated carbocycles. The topological polar surface area (TPSA) is 49.8 Å². The van der Waals surface area contributed by atoms with Crippen LogP contribution in [0.25, 0.3) is 0 Å². The fraction of sp³-hybridized carbons (Fsp3) is 0.909. The minimum atomic E-state index is -0.469. The Morgan fingerprint density at radius 2 is 2.13 bits per heavy atom. The molecule has 0 aromatic heterocycles. The van der Waals surface area contributed by atoms with Crippen LogP contribution in [0.5, 0.6) is 0 Å². The van der Waals surface area contributed by atoms with E-state index < -0.39 is 5.60 Å². The molecule has 1 saturated heterocycles. The van der Waals surface area contributed by atoms with Gasteiger partial charge in [0.25, 0.3) is 0 Å². The normalized spacial score (nSPS) is 26.9. The quantitative estimate of drug-likeness (QED) is 0.723. The maximum absolute atomic E-state index is 11.8. The fourth-order valence-electron chi connectivity index (χ4n) is 1.87. The second-order valence-corrected chi connectivity index (χ2v) is 5.31. The lowest BCUT2D eigenvalue weighted by atomic mass is 10.1. The van der Waals surface area contributed by atoms with Crippen molar-refractivity contribution >= 4 is 6.09 Å². The molecule has 88 valence electrons. The summed E-state index contributed by atoms with van der Waals surface area (Å²) in [7, 11) is 0. The molecular weight excluding hydrogens is 194 g/mol. The maximum Gasteiger partial charge on any atom is 0.410 e. The molecule has 0 spiro atoms. The predicted octanol–water partition coefficient (Wildman–Crippen LogP) is 1.62. The van der Waals surface area contributed by atoms with Gasteiger partial charge in [-0.05, 0) is 33.1 Å². The van der Waals surface area contributed by atoms with Crippen LogP contribution in [-0.4, -0.2) is 40.9 Å². The highest BCUT2D eigenvalue weighted by atomic mass is 16.6. The highest BCUT2D eigenvalue weighted by Crippen LogP contribution is 2.24. The molecule has 1 heterocycles. The van der Waals surface area contributed by atoms with Gasteiger partial charge in [-0.25, -0.2) is 4.79 Å². The molecule has 1 aliphatic heterocycles. The zero-order valence-corrected chi connectivity index (χ0v) is 9.99. The van der Waals surface area contributed by atoms with Crippen LogP contribution in [0.15, 0.2) is 0 Å². The zero-order valence-electron chi connectivity index (χ0n) is 9.99. The van der Waals surface area contributed by atoms with Gasteiger partial charge in [0.05, 0.1) is 12.6 Å². The van der Waals surface area contributed by atoms with Gasteiger partial charge in [0.2, 0.25) is 0 Å². The van der Waals surface area contributed by atoms with Crippen molar-refractivity contribution in [2.45, 2.75) is 45.8 Å². The van der Waals surface area contributed by atoms with Gasteiger partial charge in [-0.3, -0.25) is 0 Å². The molecular formula is C11H21NO3. The molecule has 0 aromatic carbocycles. The van der Waals surface area contributed by atoms with Gasteiger partial charge in [-0.1, -0.05) is 6.92 Å². The molecule has 1 N–H and O–H groups in total. The summed E-state index contributed by atoms with van der Waals surface area (Å²) in [6.45, 7) is 8.31. The van der Waals surface area contributed by atoms with Gasteiger partial charge in [0.1, 0.15) is 5.60 Å². The number of hydrogen-bond acceptors (Lipinski definition) is 3. The first kappa shape index (κ1) is 12.3. The Hall–Kier alpha value is -0.770. The van der Waals surface area contributed by atoms with Crippen molar-refractivity contribution in [1.82, 2.24) is 4.90 Å². The number of likely N-dealkylation sites (tertiary alicyclic amines) is 1. The molecule has 2 unspecified atom stereocenters. The largest absolute Gasteiger partial charge is 0.444 e. The van der Waals surface area contributed by atoms with Gasteiger partial charge in [-0.2, -0.15) is 0 Å². The molecule has 1 rings (SSSR count). The smallest absolute Gasteiger partial charge is 0.410 e. The van der Waals surface area contributed by atoms with Crippen molar-refractivity contribution in [1.29, 1.82) is 0 Å². The monoisotopic (exact) mass is 215 g/mol. The van der Waals surface area contributed by atoms with Gasteiger partial charge in [0, 0.05) is 6.54 Å². The molecule has 4 nitrogen and oxygen atoms in total. The van der Waals surface area contributed by atoms with E-state index in [0.29, 0.717) is 12.5 Å². The van der Waals surface area contributed by atoms with E-state index in [2.05, 4.69) is 6.92 Å². The van der Waals surface area contributed by atoms with Crippen LogP contribution in [0.3, 0.4) is 0 Å². The van der Waals surface area contributed by atoms with Gasteiger partial charge in [0.15, 0.2) is 0 Å². The van der Waals surface area contributed by atoms with E-state index in [1.54, 1.807) is 4.90 Å². The van der Waals surface area contributed by atoms with E-state index in [-0.39, 0.29) is 18.7 Å². The summed E-state index contributed by atoms with van der Waals surface area (Å²) < 4.78 is 5.28. The van der Waals surface area contributed by atoms with E-state index in [4.69, 9.17) is 9.84 Å². The van der Waals surface area contributed by atoms with Gasteiger partial charge < -0.3 is 14.7 Å². The fourth-order valence-corrected chi connectivity index (χ4v) is 1.87. The average molecular weight is 215 g/mol. The molecule has 1 fully saturated rings. The number of ether oxygens (including phenoxy) is 1. The summed E-state index contributed by atoms with van der Waals surface area (Å²) in [6, 6.07) is -0.0742. The van der Waals surface area contributed by atoms with E-state index in [0.717, 1.165) is 6.42 Å². The lowest BCUT2D eigenvalue weighted by Gasteiger charge is -2.27. The van der Waals surface area contributed by atoms with Crippen LogP contribution in [0, 0.1) is 5.92 Å². The number of hydrogen-bond donors (Lipinski definition) is 1. The molecule has 4 heteroatoms. The van der Waals surface area contributed by atoms with Crippen molar-refractivity contribution in [2.24, 2.45) is 5.92 Å². The molecule has 0 aliphatic carbocycles. The van der Waals surface area contributed by atoms with Crippen LogP contribution in [0.2, 0.25) is 0 Å². The number of amides is 1. The summed E-state index contributed by atoms with van der Waals surface area (Å²) in [5, 5.41) is 9.15. The summed E-state index contributed by atoms with van der Waals surface area (Å²) in [5.41, 5.74) is -0.469. The van der Waals surface area contributed by atoms with Crippen LogP contribution in [-0.2, 0) is 4.74 Å². The third-order valence-corrected chi connectivity index (χ3v) is 2.46. The summed E-state index contributed by atoms with van der Waals surface area (Å²) >= 11 is 0. The number of carbonyl (C=O) groups excluding carboxylic acids is 1. The summed E-state index contributed by atoms with van der Waals surface area (Å²) in [5.74, 6) is 0.440. The van der Waals surface area contributed by atoms with Gasteiger partial charge in [-0.15, -0.1) is 0 Å².